The molecular weight excluding hydrogens is 356 g/mol. The first-order valence-corrected chi connectivity index (χ1v) is 9.70. The van der Waals surface area contributed by atoms with Crippen molar-refractivity contribution in [1.82, 2.24) is 19.7 Å². The molecule has 0 spiro atoms. The summed E-state index contributed by atoms with van der Waals surface area (Å²) in [7, 11) is 0. The van der Waals surface area contributed by atoms with Crippen LogP contribution in [0.25, 0.3) is 11.5 Å². The fourth-order valence-electron chi connectivity index (χ4n) is 2.49. The Morgan fingerprint density at radius 3 is 2.76 bits per heavy atom. The van der Waals surface area contributed by atoms with E-state index < -0.39 is 0 Å². The Kier molecular flexibility index (Phi) is 5.81. The van der Waals surface area contributed by atoms with Crippen LogP contribution in [-0.4, -0.2) is 19.7 Å². The lowest BCUT2D eigenvalue weighted by molar-refractivity contribution is 0.527. The van der Waals surface area contributed by atoms with Crippen LogP contribution in [0.5, 0.6) is 0 Å². The molecule has 25 heavy (non-hydrogen) atoms. The second-order valence-electron chi connectivity index (χ2n) is 5.84. The summed E-state index contributed by atoms with van der Waals surface area (Å²) in [6.07, 6.45) is 2.30. The molecule has 0 saturated heterocycles. The van der Waals surface area contributed by atoms with Gasteiger partial charge in [-0.25, -0.2) is 4.98 Å². The van der Waals surface area contributed by atoms with Gasteiger partial charge in [0.2, 0.25) is 11.8 Å². The molecule has 0 fully saturated rings. The maximum absolute atomic E-state index is 6.18. The fourth-order valence-corrected chi connectivity index (χ4v) is 3.67. The highest BCUT2D eigenvalue weighted by Crippen LogP contribution is 2.29. The number of aromatic nitrogens is 4. The van der Waals surface area contributed by atoms with Crippen molar-refractivity contribution in [2.45, 2.75) is 51.1 Å². The second kappa shape index (κ2) is 8.06. The Labute approximate surface area is 156 Å². The van der Waals surface area contributed by atoms with Gasteiger partial charge in [-0.15, -0.1) is 10.2 Å². The first-order chi connectivity index (χ1) is 12.1. The molecule has 5 nitrogen and oxygen atoms in total. The number of hydrogen-bond donors (Lipinski definition) is 0. The van der Waals surface area contributed by atoms with Gasteiger partial charge in [-0.3, -0.25) is 0 Å². The average Bonchev–Trinajstić information content (AvgIpc) is 3.17. The number of benzene rings is 1. The van der Waals surface area contributed by atoms with Gasteiger partial charge in [-0.2, -0.15) is 0 Å². The van der Waals surface area contributed by atoms with E-state index in [0.717, 1.165) is 35.8 Å². The monoisotopic (exact) mass is 376 g/mol. The molecule has 0 radical (unpaired) electrons. The lowest BCUT2D eigenvalue weighted by Gasteiger charge is -2.08. The minimum absolute atomic E-state index is 0.447. The van der Waals surface area contributed by atoms with E-state index in [1.807, 2.05) is 31.2 Å². The van der Waals surface area contributed by atoms with Crippen LogP contribution in [0.15, 0.2) is 33.8 Å². The van der Waals surface area contributed by atoms with Crippen LogP contribution >= 0.6 is 23.4 Å². The number of halogens is 1. The summed E-state index contributed by atoms with van der Waals surface area (Å²) < 4.78 is 8.04. The van der Waals surface area contributed by atoms with Gasteiger partial charge < -0.3 is 8.98 Å². The summed E-state index contributed by atoms with van der Waals surface area (Å²) in [6, 6.07) is 7.46. The highest BCUT2D eigenvalue weighted by Gasteiger charge is 2.15. The molecule has 0 saturated carbocycles. The van der Waals surface area contributed by atoms with Crippen LogP contribution in [0.1, 0.15) is 37.0 Å². The number of nitrogens with zero attached hydrogens (tertiary/aromatic N) is 4. The molecule has 3 aromatic rings. The predicted octanol–water partition coefficient (Wildman–Crippen LogP) is 5.30. The van der Waals surface area contributed by atoms with Crippen molar-refractivity contribution >= 4 is 23.4 Å². The molecule has 0 aliphatic rings. The quantitative estimate of drug-likeness (QED) is 0.524. The first-order valence-electron chi connectivity index (χ1n) is 8.34. The van der Waals surface area contributed by atoms with Crippen molar-refractivity contribution in [2.24, 2.45) is 0 Å². The van der Waals surface area contributed by atoms with Gasteiger partial charge in [0.05, 0.1) is 22.0 Å². The Balaban J connectivity index is 1.73. The number of unbranched alkanes of at least 4 members (excludes halogenated alkanes) is 1. The summed E-state index contributed by atoms with van der Waals surface area (Å²) >= 11 is 7.81. The van der Waals surface area contributed by atoms with Crippen molar-refractivity contribution in [3.8, 4) is 11.5 Å². The SMILES string of the molecule is CCCCn1c(SCc2nnc(-c3ccccc3Cl)o2)nc(C)c1C. The van der Waals surface area contributed by atoms with Crippen LogP contribution in [-0.2, 0) is 12.3 Å². The summed E-state index contributed by atoms with van der Waals surface area (Å²) in [6.45, 7) is 7.34. The minimum atomic E-state index is 0.447. The predicted molar refractivity (Wildman–Crippen MR) is 101 cm³/mol. The van der Waals surface area contributed by atoms with Gasteiger partial charge >= 0.3 is 0 Å². The van der Waals surface area contributed by atoms with Crippen molar-refractivity contribution in [3.63, 3.8) is 0 Å². The molecule has 0 unspecified atom stereocenters. The van der Waals surface area contributed by atoms with Crippen LogP contribution in [0.2, 0.25) is 5.02 Å². The second-order valence-corrected chi connectivity index (χ2v) is 7.19. The zero-order valence-electron chi connectivity index (χ0n) is 14.6. The summed E-state index contributed by atoms with van der Waals surface area (Å²) in [5, 5.41) is 9.85. The van der Waals surface area contributed by atoms with Gasteiger partial charge in [-0.05, 0) is 32.4 Å². The van der Waals surface area contributed by atoms with E-state index in [9.17, 15) is 0 Å². The number of aryl methyl sites for hydroxylation is 1. The van der Waals surface area contributed by atoms with E-state index in [0.29, 0.717) is 22.6 Å². The van der Waals surface area contributed by atoms with E-state index in [-0.39, 0.29) is 0 Å². The molecule has 2 heterocycles. The van der Waals surface area contributed by atoms with Crippen molar-refractivity contribution < 1.29 is 4.42 Å². The topological polar surface area (TPSA) is 56.7 Å². The standard InChI is InChI=1S/C18H21ClN4OS/c1-4-5-10-23-13(3)12(2)20-18(23)25-11-16-21-22-17(24-16)14-8-6-7-9-15(14)19/h6-9H,4-5,10-11H2,1-3H3. The van der Waals surface area contributed by atoms with Crippen LogP contribution in [0.4, 0.5) is 0 Å². The first kappa shape index (κ1) is 18.0. The van der Waals surface area contributed by atoms with Crippen molar-refractivity contribution in [1.29, 1.82) is 0 Å². The molecule has 1 aromatic carbocycles. The third-order valence-corrected chi connectivity index (χ3v) is 5.34. The molecule has 2 aromatic heterocycles. The largest absolute Gasteiger partial charge is 0.420 e. The normalized spacial score (nSPS) is 11.2. The van der Waals surface area contributed by atoms with Gasteiger partial charge in [0.15, 0.2) is 5.16 Å². The maximum atomic E-state index is 6.18. The lowest BCUT2D eigenvalue weighted by Crippen LogP contribution is -2.02. The fraction of sp³-hybridized carbons (Fsp3) is 0.389. The highest BCUT2D eigenvalue weighted by molar-refractivity contribution is 7.98. The Hall–Kier alpha value is -1.79. The molecule has 0 atom stereocenters. The molecule has 0 N–H and O–H groups in total. The van der Waals surface area contributed by atoms with E-state index in [4.69, 9.17) is 16.0 Å². The zero-order chi connectivity index (χ0) is 17.8. The van der Waals surface area contributed by atoms with Crippen LogP contribution in [0.3, 0.4) is 0 Å². The third kappa shape index (κ3) is 4.07. The molecular formula is C18H21ClN4OS. The number of rotatable bonds is 7. The molecule has 3 rings (SSSR count). The Bertz CT molecular complexity index is 859. The molecule has 0 aliphatic heterocycles. The van der Waals surface area contributed by atoms with E-state index >= 15 is 0 Å². The van der Waals surface area contributed by atoms with Gasteiger partial charge in [0.25, 0.3) is 0 Å². The highest BCUT2D eigenvalue weighted by atomic mass is 35.5. The molecule has 0 amide bonds. The summed E-state index contributed by atoms with van der Waals surface area (Å²) in [4.78, 5) is 4.67. The smallest absolute Gasteiger partial charge is 0.249 e. The van der Waals surface area contributed by atoms with Gasteiger partial charge in [-0.1, -0.05) is 48.8 Å². The van der Waals surface area contributed by atoms with Gasteiger partial charge in [0.1, 0.15) is 0 Å². The molecule has 132 valence electrons. The number of hydrogen-bond acceptors (Lipinski definition) is 5. The third-order valence-electron chi connectivity index (χ3n) is 4.05. The number of thioether (sulfide) groups is 1. The zero-order valence-corrected chi connectivity index (χ0v) is 16.2. The van der Waals surface area contributed by atoms with E-state index in [1.165, 1.54) is 5.69 Å². The summed E-state index contributed by atoms with van der Waals surface area (Å²) in [5.74, 6) is 1.60. The van der Waals surface area contributed by atoms with E-state index in [1.54, 1.807) is 11.8 Å². The Morgan fingerprint density at radius 2 is 2.00 bits per heavy atom. The maximum Gasteiger partial charge on any atom is 0.249 e. The van der Waals surface area contributed by atoms with Crippen LogP contribution in [0, 0.1) is 13.8 Å². The van der Waals surface area contributed by atoms with Gasteiger partial charge in [0, 0.05) is 12.2 Å². The minimum Gasteiger partial charge on any atom is -0.420 e. The van der Waals surface area contributed by atoms with Crippen molar-refractivity contribution in [3.05, 3.63) is 46.6 Å². The van der Waals surface area contributed by atoms with Crippen LogP contribution < -0.4 is 0 Å². The average molecular weight is 377 g/mol. The molecule has 0 aliphatic carbocycles. The molecule has 7 heteroatoms. The molecule has 0 bridgehead atoms. The van der Waals surface area contributed by atoms with E-state index in [2.05, 4.69) is 33.6 Å². The summed E-state index contributed by atoms with van der Waals surface area (Å²) in [5.41, 5.74) is 3.04. The lowest BCUT2D eigenvalue weighted by atomic mass is 10.2. The number of imidazole rings is 1. The Morgan fingerprint density at radius 1 is 1.20 bits per heavy atom. The van der Waals surface area contributed by atoms with Crippen molar-refractivity contribution in [2.75, 3.05) is 0 Å².